The van der Waals surface area contributed by atoms with Gasteiger partial charge in [0.05, 0.1) is 0 Å². The maximum atomic E-state index is 5.50. The van der Waals surface area contributed by atoms with Crippen molar-refractivity contribution in [2.24, 2.45) is 5.73 Å². The summed E-state index contributed by atoms with van der Waals surface area (Å²) >= 11 is 0. The third kappa shape index (κ3) is 2.74. The van der Waals surface area contributed by atoms with Crippen molar-refractivity contribution in [1.82, 2.24) is 0 Å². The highest BCUT2D eigenvalue weighted by atomic mass is 15.1. The van der Waals surface area contributed by atoms with Crippen LogP contribution in [-0.2, 0) is 0 Å². The summed E-state index contributed by atoms with van der Waals surface area (Å²) in [6.45, 7) is 5.84. The monoisotopic (exact) mass is 178 g/mol. The van der Waals surface area contributed by atoms with Crippen molar-refractivity contribution < 1.29 is 0 Å². The predicted molar refractivity (Wildman–Crippen MR) is 58.2 cm³/mol. The van der Waals surface area contributed by atoms with E-state index >= 15 is 0 Å². The van der Waals surface area contributed by atoms with E-state index < -0.39 is 0 Å². The molecule has 2 nitrogen and oxygen atoms in total. The smallest absolute Gasteiger partial charge is 0.0369 e. The highest BCUT2D eigenvalue weighted by Gasteiger charge is 2.00. The molecule has 0 saturated heterocycles. The Labute approximate surface area is 80.4 Å². The summed E-state index contributed by atoms with van der Waals surface area (Å²) in [6.07, 6.45) is 0. The van der Waals surface area contributed by atoms with Crippen LogP contribution < -0.4 is 10.6 Å². The van der Waals surface area contributed by atoms with Crippen LogP contribution in [0.5, 0.6) is 0 Å². The number of anilines is 1. The van der Waals surface area contributed by atoms with Gasteiger partial charge in [0, 0.05) is 25.8 Å². The van der Waals surface area contributed by atoms with Gasteiger partial charge in [-0.25, -0.2) is 0 Å². The van der Waals surface area contributed by atoms with Crippen molar-refractivity contribution in [3.05, 3.63) is 29.3 Å². The van der Waals surface area contributed by atoms with Crippen LogP contribution in [0, 0.1) is 13.8 Å². The maximum absolute atomic E-state index is 5.50. The lowest BCUT2D eigenvalue weighted by molar-refractivity contribution is 0.884. The van der Waals surface area contributed by atoms with Crippen molar-refractivity contribution in [2.45, 2.75) is 13.8 Å². The van der Waals surface area contributed by atoms with Crippen LogP contribution in [0.25, 0.3) is 0 Å². The van der Waals surface area contributed by atoms with Crippen molar-refractivity contribution in [2.75, 3.05) is 25.0 Å². The fourth-order valence-corrected chi connectivity index (χ4v) is 1.49. The molecule has 0 heterocycles. The fraction of sp³-hybridized carbons (Fsp3) is 0.455. The molecule has 0 bridgehead atoms. The SMILES string of the molecule is Cc1cc(C)cc(N(C)CCN)c1. The van der Waals surface area contributed by atoms with Gasteiger partial charge >= 0.3 is 0 Å². The first-order chi connectivity index (χ1) is 6.13. The number of hydrogen-bond donors (Lipinski definition) is 1. The lowest BCUT2D eigenvalue weighted by atomic mass is 10.1. The van der Waals surface area contributed by atoms with Gasteiger partial charge in [-0.2, -0.15) is 0 Å². The highest BCUT2D eigenvalue weighted by molar-refractivity contribution is 5.50. The minimum absolute atomic E-state index is 0.698. The Bertz CT molecular complexity index is 261. The van der Waals surface area contributed by atoms with Crippen molar-refractivity contribution in [1.29, 1.82) is 0 Å². The molecule has 0 saturated carbocycles. The molecule has 0 radical (unpaired) electrons. The molecule has 0 fully saturated rings. The van der Waals surface area contributed by atoms with E-state index in [1.165, 1.54) is 16.8 Å². The van der Waals surface area contributed by atoms with Crippen LogP contribution in [-0.4, -0.2) is 20.1 Å². The molecule has 13 heavy (non-hydrogen) atoms. The van der Waals surface area contributed by atoms with Crippen molar-refractivity contribution in [3.8, 4) is 0 Å². The van der Waals surface area contributed by atoms with Gasteiger partial charge in [0.1, 0.15) is 0 Å². The van der Waals surface area contributed by atoms with Crippen LogP contribution in [0.15, 0.2) is 18.2 Å². The summed E-state index contributed by atoms with van der Waals surface area (Å²) in [5.41, 5.74) is 9.36. The Morgan fingerprint density at radius 3 is 2.15 bits per heavy atom. The third-order valence-corrected chi connectivity index (χ3v) is 2.11. The van der Waals surface area contributed by atoms with Gasteiger partial charge < -0.3 is 10.6 Å². The molecule has 1 aromatic rings. The molecular formula is C11H18N2. The molecule has 2 N–H and O–H groups in total. The maximum Gasteiger partial charge on any atom is 0.0369 e. The van der Waals surface area contributed by atoms with Gasteiger partial charge in [-0.1, -0.05) is 6.07 Å². The Balaban J connectivity index is 2.87. The number of nitrogens with two attached hydrogens (primary N) is 1. The van der Waals surface area contributed by atoms with Crippen molar-refractivity contribution >= 4 is 5.69 Å². The predicted octanol–water partition coefficient (Wildman–Crippen LogP) is 1.70. The van der Waals surface area contributed by atoms with E-state index in [9.17, 15) is 0 Å². The number of likely N-dealkylation sites (N-methyl/N-ethyl adjacent to an activating group) is 1. The second-order valence-electron chi connectivity index (χ2n) is 3.56. The summed E-state index contributed by atoms with van der Waals surface area (Å²) < 4.78 is 0. The van der Waals surface area contributed by atoms with E-state index in [0.29, 0.717) is 6.54 Å². The topological polar surface area (TPSA) is 29.3 Å². The number of hydrogen-bond acceptors (Lipinski definition) is 2. The zero-order chi connectivity index (χ0) is 9.84. The third-order valence-electron chi connectivity index (χ3n) is 2.11. The summed E-state index contributed by atoms with van der Waals surface area (Å²) in [5, 5.41) is 0. The molecule has 0 amide bonds. The lowest BCUT2D eigenvalue weighted by Crippen LogP contribution is -2.24. The number of nitrogens with zero attached hydrogens (tertiary/aromatic N) is 1. The zero-order valence-corrected chi connectivity index (χ0v) is 8.67. The van der Waals surface area contributed by atoms with E-state index in [0.717, 1.165) is 6.54 Å². The average molecular weight is 178 g/mol. The van der Waals surface area contributed by atoms with Gasteiger partial charge in [0.25, 0.3) is 0 Å². The minimum atomic E-state index is 0.698. The molecule has 1 rings (SSSR count). The van der Waals surface area contributed by atoms with Crippen molar-refractivity contribution in [3.63, 3.8) is 0 Å². The molecular weight excluding hydrogens is 160 g/mol. The van der Waals surface area contributed by atoms with Gasteiger partial charge in [0.2, 0.25) is 0 Å². The van der Waals surface area contributed by atoms with Crippen LogP contribution in [0.3, 0.4) is 0 Å². The first-order valence-corrected chi connectivity index (χ1v) is 4.63. The number of benzene rings is 1. The first-order valence-electron chi connectivity index (χ1n) is 4.63. The molecule has 0 aliphatic carbocycles. The molecule has 0 unspecified atom stereocenters. The average Bonchev–Trinajstić information content (AvgIpc) is 2.03. The molecule has 0 spiro atoms. The van der Waals surface area contributed by atoms with Gasteiger partial charge in [0.15, 0.2) is 0 Å². The summed E-state index contributed by atoms with van der Waals surface area (Å²) in [6, 6.07) is 6.55. The van der Waals surface area contributed by atoms with Gasteiger partial charge in [-0.05, 0) is 37.1 Å². The lowest BCUT2D eigenvalue weighted by Gasteiger charge is -2.19. The normalized spacial score (nSPS) is 10.2. The highest BCUT2D eigenvalue weighted by Crippen LogP contribution is 2.16. The zero-order valence-electron chi connectivity index (χ0n) is 8.67. The Morgan fingerprint density at radius 2 is 1.69 bits per heavy atom. The quantitative estimate of drug-likeness (QED) is 0.763. The molecule has 0 aromatic heterocycles. The fourth-order valence-electron chi connectivity index (χ4n) is 1.49. The minimum Gasteiger partial charge on any atom is -0.373 e. The molecule has 0 aliphatic rings. The van der Waals surface area contributed by atoms with Crippen LogP contribution in [0.2, 0.25) is 0 Å². The van der Waals surface area contributed by atoms with E-state index in [-0.39, 0.29) is 0 Å². The number of rotatable bonds is 3. The van der Waals surface area contributed by atoms with E-state index in [2.05, 4.69) is 44.0 Å². The Morgan fingerprint density at radius 1 is 1.15 bits per heavy atom. The standard InChI is InChI=1S/C11H18N2/c1-9-6-10(2)8-11(7-9)13(3)5-4-12/h6-8H,4-5,12H2,1-3H3. The second-order valence-corrected chi connectivity index (χ2v) is 3.56. The molecule has 1 aromatic carbocycles. The molecule has 2 heteroatoms. The largest absolute Gasteiger partial charge is 0.373 e. The van der Waals surface area contributed by atoms with E-state index in [1.54, 1.807) is 0 Å². The first kappa shape index (κ1) is 10.1. The van der Waals surface area contributed by atoms with E-state index in [4.69, 9.17) is 5.73 Å². The van der Waals surface area contributed by atoms with Gasteiger partial charge in [-0.15, -0.1) is 0 Å². The summed E-state index contributed by atoms with van der Waals surface area (Å²) in [7, 11) is 2.07. The molecule has 0 aliphatic heterocycles. The Hall–Kier alpha value is -1.02. The molecule has 0 atom stereocenters. The van der Waals surface area contributed by atoms with E-state index in [1.807, 2.05) is 0 Å². The van der Waals surface area contributed by atoms with Crippen LogP contribution in [0.4, 0.5) is 5.69 Å². The number of aryl methyl sites for hydroxylation is 2. The van der Waals surface area contributed by atoms with Crippen LogP contribution >= 0.6 is 0 Å². The molecule has 72 valence electrons. The summed E-state index contributed by atoms with van der Waals surface area (Å²) in [5.74, 6) is 0. The Kier molecular flexibility index (Phi) is 3.32. The van der Waals surface area contributed by atoms with Gasteiger partial charge in [-0.3, -0.25) is 0 Å². The summed E-state index contributed by atoms with van der Waals surface area (Å²) in [4.78, 5) is 2.18. The second kappa shape index (κ2) is 4.28. The van der Waals surface area contributed by atoms with Crippen LogP contribution in [0.1, 0.15) is 11.1 Å².